The lowest BCUT2D eigenvalue weighted by atomic mass is 10.0. The van der Waals surface area contributed by atoms with Crippen LogP contribution in [-0.2, 0) is 11.0 Å². The number of hydrogen-bond acceptors (Lipinski definition) is 5. The summed E-state index contributed by atoms with van der Waals surface area (Å²) in [5, 5.41) is 16.6. The molecule has 7 nitrogen and oxygen atoms in total. The Morgan fingerprint density at radius 3 is 2.69 bits per heavy atom. The van der Waals surface area contributed by atoms with E-state index in [9.17, 15) is 28.1 Å². The van der Waals surface area contributed by atoms with Crippen LogP contribution in [0.15, 0.2) is 18.2 Å². The molecule has 144 valence electrons. The number of halogens is 3. The lowest BCUT2D eigenvalue weighted by Gasteiger charge is -2.19. The van der Waals surface area contributed by atoms with Gasteiger partial charge in [-0.1, -0.05) is 6.42 Å². The van der Waals surface area contributed by atoms with Crippen LogP contribution in [0.2, 0.25) is 0 Å². The number of nitrogens with one attached hydrogen (secondary N) is 2. The molecule has 4 N–H and O–H groups in total. The van der Waals surface area contributed by atoms with Crippen molar-refractivity contribution in [1.82, 2.24) is 5.32 Å². The summed E-state index contributed by atoms with van der Waals surface area (Å²) in [4.78, 5) is 22.1. The second-order valence-electron chi connectivity index (χ2n) is 6.26. The minimum atomic E-state index is -4.66. The van der Waals surface area contributed by atoms with E-state index in [1.54, 1.807) is 0 Å². The topological polar surface area (TPSA) is 110 Å². The molecule has 1 aliphatic rings. The number of nitrogens with two attached hydrogens (primary N) is 1. The number of hydrogen-bond donors (Lipinski definition) is 3. The number of nitrogens with zero attached hydrogens (tertiary/aromatic N) is 1. The Hall–Kier alpha value is -2.36. The van der Waals surface area contributed by atoms with Crippen LogP contribution in [0.5, 0.6) is 0 Å². The number of carbonyl (C=O) groups is 1. The fourth-order valence-electron chi connectivity index (χ4n) is 3.11. The van der Waals surface area contributed by atoms with Crippen LogP contribution in [0.3, 0.4) is 0 Å². The molecule has 26 heavy (non-hydrogen) atoms. The number of nitro groups is 1. The van der Waals surface area contributed by atoms with Crippen LogP contribution in [0.4, 0.5) is 24.5 Å². The van der Waals surface area contributed by atoms with Crippen molar-refractivity contribution in [3.05, 3.63) is 33.9 Å². The third-order valence-electron chi connectivity index (χ3n) is 4.50. The molecule has 0 bridgehead atoms. The second-order valence-corrected chi connectivity index (χ2v) is 6.26. The van der Waals surface area contributed by atoms with Crippen molar-refractivity contribution < 1.29 is 22.9 Å². The Balaban J connectivity index is 1.92. The predicted octanol–water partition coefficient (Wildman–Crippen LogP) is 2.66. The summed E-state index contributed by atoms with van der Waals surface area (Å²) in [6.45, 7) is 0.568. The quantitative estimate of drug-likeness (QED) is 0.502. The van der Waals surface area contributed by atoms with Crippen molar-refractivity contribution in [3.63, 3.8) is 0 Å². The maximum absolute atomic E-state index is 12.7. The van der Waals surface area contributed by atoms with E-state index in [-0.39, 0.29) is 36.5 Å². The Kier molecular flexibility index (Phi) is 6.41. The average Bonchev–Trinajstić information content (AvgIpc) is 3.00. The minimum absolute atomic E-state index is 0.0351. The second kappa shape index (κ2) is 8.35. The van der Waals surface area contributed by atoms with E-state index >= 15 is 0 Å². The summed E-state index contributed by atoms with van der Waals surface area (Å²) in [5.74, 6) is 0.0281. The molecule has 1 aliphatic carbocycles. The van der Waals surface area contributed by atoms with Crippen LogP contribution in [-0.4, -0.2) is 30.0 Å². The van der Waals surface area contributed by atoms with Gasteiger partial charge in [0.15, 0.2) is 0 Å². The van der Waals surface area contributed by atoms with Crippen molar-refractivity contribution >= 4 is 17.3 Å². The summed E-state index contributed by atoms with van der Waals surface area (Å²) in [6.07, 6.45) is -1.78. The lowest BCUT2D eigenvalue weighted by Crippen LogP contribution is -2.40. The molecule has 1 fully saturated rings. The van der Waals surface area contributed by atoms with Gasteiger partial charge in [0.25, 0.3) is 5.69 Å². The molecule has 0 spiro atoms. The van der Waals surface area contributed by atoms with Gasteiger partial charge in [-0.2, -0.15) is 13.2 Å². The molecule has 1 saturated carbocycles. The summed E-state index contributed by atoms with van der Waals surface area (Å²) >= 11 is 0. The van der Waals surface area contributed by atoms with Crippen LogP contribution in [0, 0.1) is 16.0 Å². The maximum atomic E-state index is 12.7. The van der Waals surface area contributed by atoms with Gasteiger partial charge >= 0.3 is 6.18 Å². The van der Waals surface area contributed by atoms with Crippen LogP contribution < -0.4 is 16.4 Å². The third kappa shape index (κ3) is 5.07. The van der Waals surface area contributed by atoms with Gasteiger partial charge in [0.1, 0.15) is 5.69 Å². The standard InChI is InChI=1S/C16H21F3N4O3/c17-16(18,19)11-4-5-13(14(8-11)23(25)26)21-7-6-15(24)22-12-3-1-2-10(12)9-20/h4-5,8,10,12,21H,1-3,6-7,9,20H2,(H,22,24). The lowest BCUT2D eigenvalue weighted by molar-refractivity contribution is -0.384. The molecular weight excluding hydrogens is 353 g/mol. The molecule has 0 aromatic heterocycles. The van der Waals surface area contributed by atoms with Gasteiger partial charge in [0, 0.05) is 25.1 Å². The molecular formula is C16H21F3N4O3. The van der Waals surface area contributed by atoms with Crippen molar-refractivity contribution in [2.24, 2.45) is 11.7 Å². The first-order valence-corrected chi connectivity index (χ1v) is 8.31. The Labute approximate surface area is 148 Å². The first-order chi connectivity index (χ1) is 12.2. The van der Waals surface area contributed by atoms with E-state index in [2.05, 4.69) is 10.6 Å². The Bertz CT molecular complexity index is 667. The Morgan fingerprint density at radius 2 is 2.08 bits per heavy atom. The number of carbonyl (C=O) groups excluding carboxylic acids is 1. The van der Waals surface area contributed by atoms with Crippen LogP contribution in [0.1, 0.15) is 31.2 Å². The van der Waals surface area contributed by atoms with E-state index in [0.717, 1.165) is 31.4 Å². The first-order valence-electron chi connectivity index (χ1n) is 8.31. The zero-order valence-corrected chi connectivity index (χ0v) is 14.0. The number of anilines is 1. The van der Waals surface area contributed by atoms with Crippen LogP contribution >= 0.6 is 0 Å². The van der Waals surface area contributed by atoms with E-state index in [1.165, 1.54) is 0 Å². The summed E-state index contributed by atoms with van der Waals surface area (Å²) < 4.78 is 38.0. The number of amides is 1. The molecule has 10 heteroatoms. The normalized spacial score (nSPS) is 20.0. The fraction of sp³-hybridized carbons (Fsp3) is 0.562. The number of nitro benzene ring substituents is 1. The summed E-state index contributed by atoms with van der Waals surface area (Å²) in [6, 6.07) is 2.28. The number of alkyl halides is 3. The summed E-state index contributed by atoms with van der Waals surface area (Å²) in [7, 11) is 0. The van der Waals surface area contributed by atoms with Gasteiger partial charge in [-0.15, -0.1) is 0 Å². The maximum Gasteiger partial charge on any atom is 0.416 e. The largest absolute Gasteiger partial charge is 0.416 e. The molecule has 0 heterocycles. The predicted molar refractivity (Wildman–Crippen MR) is 89.5 cm³/mol. The molecule has 2 rings (SSSR count). The Morgan fingerprint density at radius 1 is 1.35 bits per heavy atom. The first kappa shape index (κ1) is 20.0. The molecule has 1 amide bonds. The highest BCUT2D eigenvalue weighted by atomic mass is 19.4. The van der Waals surface area contributed by atoms with E-state index in [0.29, 0.717) is 12.6 Å². The average molecular weight is 374 g/mol. The zero-order chi connectivity index (χ0) is 19.3. The van der Waals surface area contributed by atoms with Gasteiger partial charge in [0.05, 0.1) is 10.5 Å². The monoisotopic (exact) mass is 374 g/mol. The molecule has 2 unspecified atom stereocenters. The van der Waals surface area contributed by atoms with Gasteiger partial charge in [0.2, 0.25) is 5.91 Å². The SMILES string of the molecule is NCC1CCCC1NC(=O)CCNc1ccc(C(F)(F)F)cc1[N+](=O)[O-]. The highest BCUT2D eigenvalue weighted by Crippen LogP contribution is 2.34. The van der Waals surface area contributed by atoms with Gasteiger partial charge in [-0.25, -0.2) is 0 Å². The van der Waals surface area contributed by atoms with Crippen molar-refractivity contribution in [3.8, 4) is 0 Å². The molecule has 0 radical (unpaired) electrons. The number of rotatable bonds is 7. The molecule has 2 atom stereocenters. The van der Waals surface area contributed by atoms with Gasteiger partial charge in [-0.3, -0.25) is 14.9 Å². The number of benzene rings is 1. The van der Waals surface area contributed by atoms with Crippen molar-refractivity contribution in [2.45, 2.75) is 37.9 Å². The van der Waals surface area contributed by atoms with E-state index < -0.39 is 22.4 Å². The van der Waals surface area contributed by atoms with Crippen molar-refractivity contribution in [2.75, 3.05) is 18.4 Å². The van der Waals surface area contributed by atoms with Gasteiger partial charge < -0.3 is 16.4 Å². The smallest absolute Gasteiger partial charge is 0.379 e. The van der Waals surface area contributed by atoms with E-state index in [1.807, 2.05) is 0 Å². The zero-order valence-electron chi connectivity index (χ0n) is 14.0. The van der Waals surface area contributed by atoms with E-state index in [4.69, 9.17) is 5.73 Å². The molecule has 0 saturated heterocycles. The molecule has 1 aromatic carbocycles. The van der Waals surface area contributed by atoms with Crippen LogP contribution in [0.25, 0.3) is 0 Å². The highest BCUT2D eigenvalue weighted by Gasteiger charge is 2.33. The minimum Gasteiger partial charge on any atom is -0.379 e. The van der Waals surface area contributed by atoms with Gasteiger partial charge in [-0.05, 0) is 37.4 Å². The molecule has 0 aliphatic heterocycles. The highest BCUT2D eigenvalue weighted by molar-refractivity contribution is 5.77. The fourth-order valence-corrected chi connectivity index (χ4v) is 3.11. The summed E-state index contributed by atoms with van der Waals surface area (Å²) in [5.41, 5.74) is 3.82. The third-order valence-corrected chi connectivity index (χ3v) is 4.50. The van der Waals surface area contributed by atoms with Crippen molar-refractivity contribution in [1.29, 1.82) is 0 Å². The molecule has 1 aromatic rings.